The molecule has 2 nitrogen and oxygen atoms in total. The van der Waals surface area contributed by atoms with Crippen molar-refractivity contribution in [3.8, 4) is 44.5 Å². The second-order valence-electron chi connectivity index (χ2n) is 21.8. The largest absolute Gasteiger partial charge is 0.334 e. The van der Waals surface area contributed by atoms with Crippen LogP contribution in [0.1, 0.15) is 48.1 Å². The first-order valence-corrected chi connectivity index (χ1v) is 27.0. The molecule has 11 aromatic rings. The van der Waals surface area contributed by atoms with Gasteiger partial charge in [0.05, 0.1) is 6.04 Å². The Labute approximate surface area is 440 Å². The standard InChI is InChI=1S/C73H56N2/c1-73(2)65-23-11-10-22-59(65)60-39-36-56(44-66(60)73)72-62-41-38-57(74-67-24-12-6-18-48(67)28-29-49-19-7-13-25-68(49)74)45-63(62)71(55-35-34-53-42-52(32-33-54(53)43-55)47-16-4-3-5-17-47)61-40-37-58(46-64(61)72)75-69-26-14-8-20-50(69)30-31-51-21-9-15-27-70(51)75/h3-27,32-46,48,67H,28-31H2,1-2H3. The van der Waals surface area contributed by atoms with Crippen LogP contribution in [0.2, 0.25) is 0 Å². The van der Waals surface area contributed by atoms with Gasteiger partial charge in [0, 0.05) is 39.8 Å². The van der Waals surface area contributed by atoms with Crippen LogP contribution >= 0.6 is 0 Å². The van der Waals surface area contributed by atoms with Crippen molar-refractivity contribution in [1.82, 2.24) is 0 Å². The van der Waals surface area contributed by atoms with Gasteiger partial charge in [0.1, 0.15) is 0 Å². The number of rotatable bonds is 5. The third kappa shape index (κ3) is 7.00. The summed E-state index contributed by atoms with van der Waals surface area (Å²) in [5, 5.41) is 7.46. The zero-order valence-electron chi connectivity index (χ0n) is 42.5. The van der Waals surface area contributed by atoms with Crippen molar-refractivity contribution < 1.29 is 0 Å². The fourth-order valence-electron chi connectivity index (χ4n) is 13.7. The van der Waals surface area contributed by atoms with E-state index in [1.54, 1.807) is 0 Å². The summed E-state index contributed by atoms with van der Waals surface area (Å²) in [5.41, 5.74) is 23.1. The van der Waals surface area contributed by atoms with E-state index in [0.29, 0.717) is 5.92 Å². The quantitative estimate of drug-likeness (QED) is 0.159. The van der Waals surface area contributed by atoms with Gasteiger partial charge < -0.3 is 9.80 Å². The molecule has 0 fully saturated rings. The lowest BCUT2D eigenvalue weighted by atomic mass is 9.80. The first-order chi connectivity index (χ1) is 36.9. The fraction of sp³-hybridized carbons (Fsp3) is 0.123. The molecule has 0 N–H and O–H groups in total. The van der Waals surface area contributed by atoms with Gasteiger partial charge in [-0.05, 0) is 191 Å². The topological polar surface area (TPSA) is 6.48 Å². The van der Waals surface area contributed by atoms with E-state index in [-0.39, 0.29) is 11.5 Å². The monoisotopic (exact) mass is 960 g/mol. The van der Waals surface area contributed by atoms with Gasteiger partial charge in [-0.1, -0.05) is 196 Å². The molecule has 2 heteroatoms. The molecule has 0 radical (unpaired) electrons. The van der Waals surface area contributed by atoms with Crippen molar-refractivity contribution in [3.05, 3.63) is 271 Å². The van der Waals surface area contributed by atoms with Crippen molar-refractivity contribution >= 4 is 60.8 Å². The normalized spacial score (nSPS) is 16.9. The van der Waals surface area contributed by atoms with Gasteiger partial charge in [0.25, 0.3) is 0 Å². The Bertz CT molecular complexity index is 4140. The molecule has 2 atom stereocenters. The summed E-state index contributed by atoms with van der Waals surface area (Å²) in [4.78, 5) is 5.19. The molecule has 2 aliphatic carbocycles. The molecule has 11 aromatic carbocycles. The third-order valence-corrected chi connectivity index (χ3v) is 17.4. The minimum Gasteiger partial charge on any atom is -0.334 e. The summed E-state index contributed by atoms with van der Waals surface area (Å²) < 4.78 is 0. The highest BCUT2D eigenvalue weighted by atomic mass is 15.2. The summed E-state index contributed by atoms with van der Waals surface area (Å²) in [6.07, 6.45) is 13.5. The SMILES string of the molecule is CC1(C)c2ccccc2-c2ccc(-c3c4ccc(N5c6ccccc6CCC6C=CC=CC65)cc4c(-c4ccc5cc(-c6ccccc6)ccc5c4)c4ccc(N5c6ccccc6CCc6ccccc65)cc34)cc21. The number of fused-ring (bicyclic) bond motifs is 10. The van der Waals surface area contributed by atoms with Crippen molar-refractivity contribution in [3.63, 3.8) is 0 Å². The molecule has 358 valence electrons. The van der Waals surface area contributed by atoms with Crippen LogP contribution < -0.4 is 9.80 Å². The first-order valence-electron chi connectivity index (χ1n) is 27.0. The summed E-state index contributed by atoms with van der Waals surface area (Å²) in [6, 6.07) is 83.5. The molecule has 0 saturated heterocycles. The predicted octanol–water partition coefficient (Wildman–Crippen LogP) is 19.2. The molecule has 4 aliphatic rings. The zero-order valence-corrected chi connectivity index (χ0v) is 42.5. The van der Waals surface area contributed by atoms with Crippen LogP contribution in [0, 0.1) is 5.92 Å². The van der Waals surface area contributed by atoms with E-state index in [4.69, 9.17) is 0 Å². The summed E-state index contributed by atoms with van der Waals surface area (Å²) in [6.45, 7) is 4.81. The second kappa shape index (κ2) is 17.2. The number of anilines is 5. The highest BCUT2D eigenvalue weighted by Crippen LogP contribution is 2.54. The third-order valence-electron chi connectivity index (χ3n) is 17.4. The molecule has 75 heavy (non-hydrogen) atoms. The van der Waals surface area contributed by atoms with Crippen molar-refractivity contribution in [2.24, 2.45) is 5.92 Å². The Balaban J connectivity index is 1.04. The lowest BCUT2D eigenvalue weighted by molar-refractivity contribution is 0.535. The lowest BCUT2D eigenvalue weighted by Gasteiger charge is -2.36. The van der Waals surface area contributed by atoms with E-state index in [9.17, 15) is 0 Å². The number of aryl methyl sites for hydroxylation is 3. The molecule has 0 spiro atoms. The first kappa shape index (κ1) is 43.8. The Kier molecular flexibility index (Phi) is 10.0. The summed E-state index contributed by atoms with van der Waals surface area (Å²) in [7, 11) is 0. The van der Waals surface area contributed by atoms with Crippen LogP contribution in [0.5, 0.6) is 0 Å². The van der Waals surface area contributed by atoms with E-state index in [1.165, 1.54) is 127 Å². The van der Waals surface area contributed by atoms with E-state index >= 15 is 0 Å². The van der Waals surface area contributed by atoms with Gasteiger partial charge in [-0.25, -0.2) is 0 Å². The highest BCUT2D eigenvalue weighted by molar-refractivity contribution is 6.23. The van der Waals surface area contributed by atoms with Gasteiger partial charge in [0.15, 0.2) is 0 Å². The summed E-state index contributed by atoms with van der Waals surface area (Å²) in [5.74, 6) is 0.401. The minimum absolute atomic E-state index is 0.157. The van der Waals surface area contributed by atoms with Crippen LogP contribution in [0.4, 0.5) is 28.4 Å². The predicted molar refractivity (Wildman–Crippen MR) is 317 cm³/mol. The highest BCUT2D eigenvalue weighted by Gasteiger charge is 2.36. The number of nitrogens with zero attached hydrogens (tertiary/aromatic N) is 2. The van der Waals surface area contributed by atoms with Gasteiger partial charge in [-0.2, -0.15) is 0 Å². The van der Waals surface area contributed by atoms with Crippen molar-refractivity contribution in [1.29, 1.82) is 0 Å². The van der Waals surface area contributed by atoms with Crippen LogP contribution in [0.15, 0.2) is 243 Å². The van der Waals surface area contributed by atoms with E-state index in [0.717, 1.165) is 31.4 Å². The molecule has 0 bridgehead atoms. The molecular weight excluding hydrogens is 905 g/mol. The lowest BCUT2D eigenvalue weighted by Crippen LogP contribution is -2.35. The molecular formula is C73H56N2. The summed E-state index contributed by atoms with van der Waals surface area (Å²) >= 11 is 0. The van der Waals surface area contributed by atoms with Crippen molar-refractivity contribution in [2.75, 3.05) is 9.80 Å². The average molecular weight is 961 g/mol. The van der Waals surface area contributed by atoms with Crippen LogP contribution in [0.3, 0.4) is 0 Å². The maximum Gasteiger partial charge on any atom is 0.0588 e. The molecule has 2 unspecified atom stereocenters. The zero-order chi connectivity index (χ0) is 49.8. The van der Waals surface area contributed by atoms with Crippen molar-refractivity contribution in [2.45, 2.75) is 51.0 Å². The van der Waals surface area contributed by atoms with E-state index in [1.807, 2.05) is 0 Å². The fourth-order valence-corrected chi connectivity index (χ4v) is 13.7. The average Bonchev–Trinajstić information content (AvgIpc) is 3.60. The number of allylic oxidation sites excluding steroid dienone is 2. The smallest absolute Gasteiger partial charge is 0.0588 e. The molecule has 2 aliphatic heterocycles. The Morgan fingerprint density at radius 1 is 0.387 bits per heavy atom. The van der Waals surface area contributed by atoms with Gasteiger partial charge in [-0.3, -0.25) is 0 Å². The second-order valence-corrected chi connectivity index (χ2v) is 21.8. The maximum atomic E-state index is 2.65. The molecule has 0 aromatic heterocycles. The van der Waals surface area contributed by atoms with Crippen LogP contribution in [-0.2, 0) is 24.7 Å². The number of benzene rings is 11. The number of hydrogen-bond acceptors (Lipinski definition) is 2. The Morgan fingerprint density at radius 2 is 0.933 bits per heavy atom. The van der Waals surface area contributed by atoms with E-state index < -0.39 is 0 Å². The molecule has 2 heterocycles. The Hall–Kier alpha value is -8.72. The number of para-hydroxylation sites is 3. The number of hydrogen-bond donors (Lipinski definition) is 0. The molecule has 0 amide bonds. The van der Waals surface area contributed by atoms with Gasteiger partial charge in [-0.15, -0.1) is 0 Å². The van der Waals surface area contributed by atoms with Crippen LogP contribution in [-0.4, -0.2) is 6.04 Å². The van der Waals surface area contributed by atoms with Gasteiger partial charge in [0.2, 0.25) is 0 Å². The minimum atomic E-state index is -0.157. The maximum absolute atomic E-state index is 2.65. The van der Waals surface area contributed by atoms with Crippen LogP contribution in [0.25, 0.3) is 76.8 Å². The van der Waals surface area contributed by atoms with Gasteiger partial charge >= 0.3 is 0 Å². The molecule has 0 saturated carbocycles. The molecule has 15 rings (SSSR count). The van der Waals surface area contributed by atoms with E-state index in [2.05, 4.69) is 266 Å². The Morgan fingerprint density at radius 3 is 1.67 bits per heavy atom.